The maximum Gasteiger partial charge on any atom is 0.310 e. The molecule has 0 aliphatic carbocycles. The van der Waals surface area contributed by atoms with E-state index in [9.17, 15) is 9.59 Å². The van der Waals surface area contributed by atoms with Crippen LogP contribution in [0.4, 0.5) is 0 Å². The van der Waals surface area contributed by atoms with Crippen molar-refractivity contribution in [3.63, 3.8) is 0 Å². The summed E-state index contributed by atoms with van der Waals surface area (Å²) in [5, 5.41) is 11.5. The highest BCUT2D eigenvalue weighted by Gasteiger charge is 2.27. The quantitative estimate of drug-likeness (QED) is 0.824. The van der Waals surface area contributed by atoms with Gasteiger partial charge in [0.25, 0.3) is 5.91 Å². The molecule has 92 valence electrons. The monoisotopic (exact) mass is 236 g/mol. The molecule has 0 atom stereocenters. The molecule has 1 heterocycles. The molecule has 5 heteroatoms. The van der Waals surface area contributed by atoms with Crippen LogP contribution in [-0.4, -0.2) is 28.5 Å². The lowest BCUT2D eigenvalue weighted by Crippen LogP contribution is -2.39. The molecule has 0 bridgehead atoms. The van der Waals surface area contributed by atoms with Crippen molar-refractivity contribution in [2.75, 3.05) is 6.54 Å². The van der Waals surface area contributed by atoms with Crippen molar-refractivity contribution in [1.82, 2.24) is 10.3 Å². The van der Waals surface area contributed by atoms with Crippen LogP contribution in [0.2, 0.25) is 0 Å². The van der Waals surface area contributed by atoms with Crippen LogP contribution in [0, 0.1) is 12.3 Å². The molecule has 17 heavy (non-hydrogen) atoms. The van der Waals surface area contributed by atoms with Gasteiger partial charge in [0.05, 0.1) is 11.0 Å². The molecule has 0 radical (unpaired) electrons. The van der Waals surface area contributed by atoms with Gasteiger partial charge in [-0.25, -0.2) is 0 Å². The Kier molecular flexibility index (Phi) is 3.83. The van der Waals surface area contributed by atoms with E-state index in [1.165, 1.54) is 0 Å². The third-order valence-electron chi connectivity index (χ3n) is 2.52. The van der Waals surface area contributed by atoms with Crippen LogP contribution in [0.5, 0.6) is 0 Å². The van der Waals surface area contributed by atoms with Crippen LogP contribution in [0.15, 0.2) is 18.3 Å². The first-order valence-electron chi connectivity index (χ1n) is 5.28. The van der Waals surface area contributed by atoms with E-state index in [0.29, 0.717) is 11.3 Å². The standard InChI is InChI=1S/C12H16N2O3/c1-8-9(5-4-6-13-8)10(15)14-7-12(2,3)11(16)17/h4-6H,7H2,1-3H3,(H,14,15)(H,16,17). The number of carbonyl (C=O) groups is 2. The van der Waals surface area contributed by atoms with Crippen LogP contribution in [0.1, 0.15) is 29.9 Å². The van der Waals surface area contributed by atoms with Crippen LogP contribution in [0.25, 0.3) is 0 Å². The normalized spacial score (nSPS) is 11.0. The molecule has 0 aliphatic rings. The zero-order chi connectivity index (χ0) is 13.1. The van der Waals surface area contributed by atoms with Crippen LogP contribution in [-0.2, 0) is 4.79 Å². The van der Waals surface area contributed by atoms with Gasteiger partial charge in [-0.15, -0.1) is 0 Å². The number of carboxylic acids is 1. The second kappa shape index (κ2) is 4.95. The highest BCUT2D eigenvalue weighted by molar-refractivity contribution is 5.95. The fourth-order valence-corrected chi connectivity index (χ4v) is 1.20. The average molecular weight is 236 g/mol. The smallest absolute Gasteiger partial charge is 0.310 e. The highest BCUT2D eigenvalue weighted by Crippen LogP contribution is 2.13. The molecule has 0 unspecified atom stereocenters. The van der Waals surface area contributed by atoms with Gasteiger partial charge in [0.2, 0.25) is 0 Å². The molecule has 0 aromatic carbocycles. The fraction of sp³-hybridized carbons (Fsp3) is 0.417. The Bertz CT molecular complexity index is 441. The zero-order valence-corrected chi connectivity index (χ0v) is 10.2. The lowest BCUT2D eigenvalue weighted by atomic mass is 9.94. The maximum atomic E-state index is 11.8. The zero-order valence-electron chi connectivity index (χ0n) is 10.2. The first kappa shape index (κ1) is 13.2. The molecule has 1 amide bonds. The van der Waals surface area contributed by atoms with Gasteiger partial charge in [0.1, 0.15) is 0 Å². The van der Waals surface area contributed by atoms with Crippen molar-refractivity contribution in [3.05, 3.63) is 29.6 Å². The summed E-state index contributed by atoms with van der Waals surface area (Å²) in [6.07, 6.45) is 1.60. The van der Waals surface area contributed by atoms with Gasteiger partial charge in [0.15, 0.2) is 0 Å². The number of carboxylic acid groups (broad SMARTS) is 1. The van der Waals surface area contributed by atoms with Gasteiger partial charge in [-0.3, -0.25) is 14.6 Å². The molecule has 0 saturated heterocycles. The predicted octanol–water partition coefficient (Wildman–Crippen LogP) is 1.23. The lowest BCUT2D eigenvalue weighted by molar-refractivity contribution is -0.146. The third kappa shape index (κ3) is 3.27. The lowest BCUT2D eigenvalue weighted by Gasteiger charge is -2.19. The fourth-order valence-electron chi connectivity index (χ4n) is 1.20. The number of nitrogens with zero attached hydrogens (tertiary/aromatic N) is 1. The minimum Gasteiger partial charge on any atom is -0.481 e. The Hall–Kier alpha value is -1.91. The van der Waals surface area contributed by atoms with Gasteiger partial charge >= 0.3 is 5.97 Å². The highest BCUT2D eigenvalue weighted by atomic mass is 16.4. The van der Waals surface area contributed by atoms with Crippen molar-refractivity contribution >= 4 is 11.9 Å². The van der Waals surface area contributed by atoms with Gasteiger partial charge in [-0.1, -0.05) is 0 Å². The van der Waals surface area contributed by atoms with Crippen molar-refractivity contribution in [3.8, 4) is 0 Å². The molecule has 1 aromatic heterocycles. The van der Waals surface area contributed by atoms with E-state index < -0.39 is 11.4 Å². The van der Waals surface area contributed by atoms with Crippen molar-refractivity contribution < 1.29 is 14.7 Å². The van der Waals surface area contributed by atoms with Crippen LogP contribution >= 0.6 is 0 Å². The minimum atomic E-state index is -0.980. The van der Waals surface area contributed by atoms with E-state index in [2.05, 4.69) is 10.3 Å². The van der Waals surface area contributed by atoms with Crippen LogP contribution in [0.3, 0.4) is 0 Å². The number of nitrogens with one attached hydrogen (secondary N) is 1. The van der Waals surface area contributed by atoms with Gasteiger partial charge in [-0.05, 0) is 32.9 Å². The SMILES string of the molecule is Cc1ncccc1C(=O)NCC(C)(C)C(=O)O. The summed E-state index contributed by atoms with van der Waals surface area (Å²) in [5.41, 5.74) is 0.109. The van der Waals surface area contributed by atoms with E-state index in [1.54, 1.807) is 39.1 Å². The summed E-state index contributed by atoms with van der Waals surface area (Å²) < 4.78 is 0. The van der Waals surface area contributed by atoms with E-state index in [-0.39, 0.29) is 12.5 Å². The number of aliphatic carboxylic acids is 1. The Morgan fingerprint density at radius 3 is 2.65 bits per heavy atom. The molecule has 1 rings (SSSR count). The summed E-state index contributed by atoms with van der Waals surface area (Å²) >= 11 is 0. The minimum absolute atomic E-state index is 0.0789. The first-order valence-corrected chi connectivity index (χ1v) is 5.28. The van der Waals surface area contributed by atoms with E-state index in [0.717, 1.165) is 0 Å². The third-order valence-corrected chi connectivity index (χ3v) is 2.52. The summed E-state index contributed by atoms with van der Waals surface area (Å²) in [6, 6.07) is 3.33. The Labute approximate surface area is 99.9 Å². The first-order chi connectivity index (χ1) is 7.84. The molecule has 1 aromatic rings. The number of amides is 1. The van der Waals surface area contributed by atoms with E-state index in [1.807, 2.05) is 0 Å². The Balaban J connectivity index is 2.69. The molecular formula is C12H16N2O3. The predicted molar refractivity (Wildman–Crippen MR) is 62.7 cm³/mol. The number of pyridine rings is 1. The van der Waals surface area contributed by atoms with Crippen molar-refractivity contribution in [1.29, 1.82) is 0 Å². The average Bonchev–Trinajstić information content (AvgIpc) is 2.26. The molecule has 0 aliphatic heterocycles. The van der Waals surface area contributed by atoms with E-state index in [4.69, 9.17) is 5.11 Å². The molecule has 0 fully saturated rings. The topological polar surface area (TPSA) is 79.3 Å². The van der Waals surface area contributed by atoms with Crippen molar-refractivity contribution in [2.45, 2.75) is 20.8 Å². The summed E-state index contributed by atoms with van der Waals surface area (Å²) in [6.45, 7) is 4.93. The number of rotatable bonds is 4. The second-order valence-corrected chi connectivity index (χ2v) is 4.51. The summed E-state index contributed by atoms with van der Waals surface area (Å²) in [4.78, 5) is 26.7. The number of carbonyl (C=O) groups excluding carboxylic acids is 1. The van der Waals surface area contributed by atoms with Crippen LogP contribution < -0.4 is 5.32 Å². The Morgan fingerprint density at radius 1 is 1.47 bits per heavy atom. The largest absolute Gasteiger partial charge is 0.481 e. The second-order valence-electron chi connectivity index (χ2n) is 4.51. The van der Waals surface area contributed by atoms with Gasteiger partial charge < -0.3 is 10.4 Å². The Morgan fingerprint density at radius 2 is 2.12 bits per heavy atom. The maximum absolute atomic E-state index is 11.8. The number of aromatic nitrogens is 1. The number of hydrogen-bond acceptors (Lipinski definition) is 3. The molecule has 0 spiro atoms. The van der Waals surface area contributed by atoms with Gasteiger partial charge in [0, 0.05) is 18.4 Å². The van der Waals surface area contributed by atoms with E-state index >= 15 is 0 Å². The number of aryl methyl sites for hydroxylation is 1. The molecule has 0 saturated carbocycles. The molecule has 2 N–H and O–H groups in total. The molecular weight excluding hydrogens is 220 g/mol. The summed E-state index contributed by atoms with van der Waals surface area (Å²) in [5.74, 6) is -1.24. The van der Waals surface area contributed by atoms with Crippen molar-refractivity contribution in [2.24, 2.45) is 5.41 Å². The summed E-state index contributed by atoms with van der Waals surface area (Å²) in [7, 11) is 0. The number of hydrogen-bond donors (Lipinski definition) is 2. The molecule has 5 nitrogen and oxygen atoms in total. The van der Waals surface area contributed by atoms with Gasteiger partial charge in [-0.2, -0.15) is 0 Å².